The van der Waals surface area contributed by atoms with Gasteiger partial charge in [0.25, 0.3) is 0 Å². The number of hydrogen-bond donors (Lipinski definition) is 2. The van der Waals surface area contributed by atoms with Crippen molar-refractivity contribution >= 4 is 34.3 Å². The molecule has 7 heteroatoms. The van der Waals surface area contributed by atoms with E-state index in [9.17, 15) is 5.11 Å². The predicted molar refractivity (Wildman–Crippen MR) is 103 cm³/mol. The number of nitrogens with one attached hydrogen (secondary N) is 1. The average Bonchev–Trinajstić information content (AvgIpc) is 3.07. The first kappa shape index (κ1) is 17.3. The molecule has 0 unspecified atom stereocenters. The van der Waals surface area contributed by atoms with Crippen LogP contribution in [-0.4, -0.2) is 22.9 Å². The third-order valence-corrected chi connectivity index (χ3v) is 4.30. The van der Waals surface area contributed by atoms with Crippen molar-refractivity contribution < 1.29 is 9.84 Å². The van der Waals surface area contributed by atoms with Crippen molar-refractivity contribution in [3.63, 3.8) is 0 Å². The summed E-state index contributed by atoms with van der Waals surface area (Å²) in [5.41, 5.74) is 5.58. The van der Waals surface area contributed by atoms with E-state index in [0.29, 0.717) is 22.5 Å². The summed E-state index contributed by atoms with van der Waals surface area (Å²) in [4.78, 5) is 4.49. The Kier molecular flexibility index (Phi) is 5.53. The lowest BCUT2D eigenvalue weighted by Gasteiger charge is -2.05. The fourth-order valence-corrected chi connectivity index (χ4v) is 2.92. The number of ether oxygens (including phenoxy) is 1. The second-order valence-corrected chi connectivity index (χ2v) is 6.37. The minimum atomic E-state index is 0.111. The van der Waals surface area contributed by atoms with Gasteiger partial charge in [0.15, 0.2) is 11.5 Å². The number of aromatic nitrogens is 1. The monoisotopic (exact) mass is 373 g/mol. The van der Waals surface area contributed by atoms with Crippen LogP contribution in [-0.2, 0) is 0 Å². The minimum Gasteiger partial charge on any atom is -0.504 e. The van der Waals surface area contributed by atoms with Crippen molar-refractivity contribution in [1.29, 1.82) is 0 Å². The summed E-state index contributed by atoms with van der Waals surface area (Å²) in [7, 11) is 0. The van der Waals surface area contributed by atoms with E-state index in [-0.39, 0.29) is 5.75 Å². The standard InChI is InChI=1S/C18H16ClN3O2S/c1-2-24-17-9-12(3-8-16(17)23)10-20-22-18-21-15(11-25-18)13-4-6-14(19)7-5-13/h3-11,23H,2H2,1H3,(H,21,22)/b20-10-. The molecule has 3 rings (SSSR count). The Balaban J connectivity index is 1.67. The summed E-state index contributed by atoms with van der Waals surface area (Å²) in [5, 5.41) is 17.2. The van der Waals surface area contributed by atoms with Crippen LogP contribution in [0, 0.1) is 0 Å². The molecule has 0 radical (unpaired) electrons. The SMILES string of the molecule is CCOc1cc(/C=N\Nc2nc(-c3ccc(Cl)cc3)cs2)ccc1O. The molecule has 0 amide bonds. The number of rotatable bonds is 6. The summed E-state index contributed by atoms with van der Waals surface area (Å²) >= 11 is 7.36. The van der Waals surface area contributed by atoms with Gasteiger partial charge in [-0.2, -0.15) is 5.10 Å². The summed E-state index contributed by atoms with van der Waals surface area (Å²) in [5.74, 6) is 0.546. The maximum atomic E-state index is 9.70. The average molecular weight is 374 g/mol. The number of nitrogens with zero attached hydrogens (tertiary/aromatic N) is 2. The van der Waals surface area contributed by atoms with E-state index in [1.165, 1.54) is 11.3 Å². The van der Waals surface area contributed by atoms with Crippen molar-refractivity contribution in [3.8, 4) is 22.8 Å². The highest BCUT2D eigenvalue weighted by molar-refractivity contribution is 7.14. The Morgan fingerprint density at radius 1 is 1.28 bits per heavy atom. The number of phenols is 1. The van der Waals surface area contributed by atoms with Crippen molar-refractivity contribution in [1.82, 2.24) is 4.98 Å². The molecule has 2 aromatic carbocycles. The zero-order valence-corrected chi connectivity index (χ0v) is 15.0. The van der Waals surface area contributed by atoms with Gasteiger partial charge in [-0.1, -0.05) is 23.7 Å². The second kappa shape index (κ2) is 8.00. The number of phenolic OH excluding ortho intramolecular Hbond substituents is 1. The van der Waals surface area contributed by atoms with E-state index in [0.717, 1.165) is 16.8 Å². The van der Waals surface area contributed by atoms with Gasteiger partial charge < -0.3 is 9.84 Å². The molecule has 0 saturated heterocycles. The normalized spacial score (nSPS) is 11.0. The lowest BCUT2D eigenvalue weighted by atomic mass is 10.2. The molecule has 0 aliphatic heterocycles. The fourth-order valence-electron chi connectivity index (χ4n) is 2.12. The van der Waals surface area contributed by atoms with Crippen LogP contribution in [0.1, 0.15) is 12.5 Å². The van der Waals surface area contributed by atoms with Crippen molar-refractivity contribution in [2.24, 2.45) is 5.10 Å². The van der Waals surface area contributed by atoms with E-state index >= 15 is 0 Å². The molecular weight excluding hydrogens is 358 g/mol. The highest BCUT2D eigenvalue weighted by Crippen LogP contribution is 2.27. The summed E-state index contributed by atoms with van der Waals surface area (Å²) in [6.45, 7) is 2.35. The van der Waals surface area contributed by atoms with Crippen LogP contribution < -0.4 is 10.2 Å². The molecule has 1 heterocycles. The highest BCUT2D eigenvalue weighted by Gasteiger charge is 2.04. The maximum absolute atomic E-state index is 9.70. The Hall–Kier alpha value is -2.57. The first-order valence-corrected chi connectivity index (χ1v) is 8.88. The van der Waals surface area contributed by atoms with Gasteiger partial charge in [0, 0.05) is 16.0 Å². The van der Waals surface area contributed by atoms with Crippen LogP contribution in [0.4, 0.5) is 5.13 Å². The molecule has 0 aliphatic carbocycles. The molecule has 0 atom stereocenters. The van der Waals surface area contributed by atoms with E-state index in [2.05, 4.69) is 15.5 Å². The largest absolute Gasteiger partial charge is 0.504 e. The first-order chi connectivity index (χ1) is 12.2. The zero-order valence-electron chi connectivity index (χ0n) is 13.4. The van der Waals surface area contributed by atoms with E-state index in [1.807, 2.05) is 36.6 Å². The number of anilines is 1. The van der Waals surface area contributed by atoms with E-state index < -0.39 is 0 Å². The maximum Gasteiger partial charge on any atom is 0.203 e. The topological polar surface area (TPSA) is 66.7 Å². The molecular formula is C18H16ClN3O2S. The molecule has 0 aliphatic rings. The van der Waals surface area contributed by atoms with Crippen LogP contribution in [0.2, 0.25) is 5.02 Å². The van der Waals surface area contributed by atoms with Crippen molar-refractivity contribution in [2.75, 3.05) is 12.0 Å². The number of benzene rings is 2. The van der Waals surface area contributed by atoms with Crippen LogP contribution in [0.15, 0.2) is 52.9 Å². The molecule has 3 aromatic rings. The highest BCUT2D eigenvalue weighted by atomic mass is 35.5. The molecule has 0 bridgehead atoms. The minimum absolute atomic E-state index is 0.111. The first-order valence-electron chi connectivity index (χ1n) is 7.62. The molecule has 0 spiro atoms. The van der Waals surface area contributed by atoms with E-state index in [4.69, 9.17) is 16.3 Å². The van der Waals surface area contributed by atoms with Crippen LogP contribution in [0.5, 0.6) is 11.5 Å². The quantitative estimate of drug-likeness (QED) is 0.470. The fraction of sp³-hybridized carbons (Fsp3) is 0.111. The van der Waals surface area contributed by atoms with Crippen LogP contribution >= 0.6 is 22.9 Å². The molecule has 0 fully saturated rings. The third kappa shape index (κ3) is 4.49. The number of thiazole rings is 1. The van der Waals surface area contributed by atoms with Gasteiger partial charge in [0.1, 0.15) is 0 Å². The molecule has 2 N–H and O–H groups in total. The van der Waals surface area contributed by atoms with Gasteiger partial charge in [-0.05, 0) is 42.8 Å². The third-order valence-electron chi connectivity index (χ3n) is 3.30. The van der Waals surface area contributed by atoms with Gasteiger partial charge in [-0.3, -0.25) is 5.43 Å². The van der Waals surface area contributed by atoms with Crippen LogP contribution in [0.25, 0.3) is 11.3 Å². The smallest absolute Gasteiger partial charge is 0.203 e. The lowest BCUT2D eigenvalue weighted by molar-refractivity contribution is 0.318. The Morgan fingerprint density at radius 3 is 2.84 bits per heavy atom. The van der Waals surface area contributed by atoms with Gasteiger partial charge >= 0.3 is 0 Å². The Morgan fingerprint density at radius 2 is 2.08 bits per heavy atom. The Labute approximate surface area is 154 Å². The van der Waals surface area contributed by atoms with Gasteiger partial charge in [-0.25, -0.2) is 4.98 Å². The summed E-state index contributed by atoms with van der Waals surface area (Å²) < 4.78 is 5.35. The predicted octanol–water partition coefficient (Wildman–Crippen LogP) is 5.01. The molecule has 128 valence electrons. The Bertz CT molecular complexity index is 878. The van der Waals surface area contributed by atoms with Gasteiger partial charge in [-0.15, -0.1) is 11.3 Å². The number of hydrazone groups is 1. The number of aromatic hydroxyl groups is 1. The summed E-state index contributed by atoms with van der Waals surface area (Å²) in [6.07, 6.45) is 1.64. The van der Waals surface area contributed by atoms with Crippen LogP contribution in [0.3, 0.4) is 0 Å². The second-order valence-electron chi connectivity index (χ2n) is 5.07. The molecule has 0 saturated carbocycles. The molecule has 5 nitrogen and oxygen atoms in total. The van der Waals surface area contributed by atoms with Crippen molar-refractivity contribution in [2.45, 2.75) is 6.92 Å². The zero-order chi connectivity index (χ0) is 17.6. The van der Waals surface area contributed by atoms with Gasteiger partial charge in [0.05, 0.1) is 18.5 Å². The van der Waals surface area contributed by atoms with Crippen molar-refractivity contribution in [3.05, 3.63) is 58.4 Å². The van der Waals surface area contributed by atoms with Gasteiger partial charge in [0.2, 0.25) is 5.13 Å². The molecule has 1 aromatic heterocycles. The summed E-state index contributed by atoms with van der Waals surface area (Å²) in [6, 6.07) is 12.6. The molecule has 25 heavy (non-hydrogen) atoms. The number of hydrogen-bond acceptors (Lipinski definition) is 6. The lowest BCUT2D eigenvalue weighted by Crippen LogP contribution is -1.94. The van der Waals surface area contributed by atoms with E-state index in [1.54, 1.807) is 24.4 Å². The number of halogens is 1.